The zero-order valence-corrected chi connectivity index (χ0v) is 11.5. The topological polar surface area (TPSA) is 60.0 Å². The van der Waals surface area contributed by atoms with Crippen LogP contribution in [0.2, 0.25) is 0 Å². The van der Waals surface area contributed by atoms with Crippen molar-refractivity contribution in [2.45, 2.75) is 19.1 Å². The maximum atomic E-state index is 10.3. The van der Waals surface area contributed by atoms with E-state index in [1.54, 1.807) is 40.5 Å². The molecule has 0 spiro atoms. The Morgan fingerprint density at radius 2 is 1.56 bits per heavy atom. The number of likely N-dealkylation sites (N-methyl/N-ethyl adjacent to an activating group) is 1. The molecule has 1 rings (SSSR count). The van der Waals surface area contributed by atoms with Crippen LogP contribution in [0.3, 0.4) is 0 Å². The second-order valence-electron chi connectivity index (χ2n) is 3.97. The molecule has 1 aromatic rings. The molecule has 5 nitrogen and oxygen atoms in total. The molecule has 0 radical (unpaired) electrons. The number of benzene rings is 1. The predicted molar refractivity (Wildman–Crippen MR) is 69.6 cm³/mol. The van der Waals surface area contributed by atoms with Crippen LogP contribution in [-0.2, 0) is 0 Å². The molecule has 2 N–H and O–H groups in total. The van der Waals surface area contributed by atoms with Crippen molar-refractivity contribution < 1.29 is 19.3 Å². The Hall–Kier alpha value is -1.46. The van der Waals surface area contributed by atoms with Gasteiger partial charge in [-0.15, -0.1) is 0 Å². The fraction of sp³-hybridized carbons (Fsp3) is 0.538. The van der Waals surface area contributed by atoms with E-state index in [0.717, 1.165) is 0 Å². The Morgan fingerprint density at radius 3 is 1.89 bits per heavy atom. The first kappa shape index (κ1) is 14.6. The third-order valence-electron chi connectivity index (χ3n) is 2.98. The van der Waals surface area contributed by atoms with Crippen LogP contribution in [0.1, 0.15) is 18.6 Å². The van der Waals surface area contributed by atoms with Crippen molar-refractivity contribution in [2.75, 3.05) is 28.4 Å². The Labute approximate surface area is 108 Å². The third-order valence-corrected chi connectivity index (χ3v) is 2.98. The summed E-state index contributed by atoms with van der Waals surface area (Å²) in [6, 6.07) is 3.33. The van der Waals surface area contributed by atoms with E-state index in [4.69, 9.17) is 14.2 Å². The van der Waals surface area contributed by atoms with E-state index < -0.39 is 6.10 Å². The summed E-state index contributed by atoms with van der Waals surface area (Å²) in [6.45, 7) is 1.88. The molecule has 5 heteroatoms. The Morgan fingerprint density at radius 1 is 1.06 bits per heavy atom. The molecule has 0 saturated heterocycles. The van der Waals surface area contributed by atoms with E-state index in [2.05, 4.69) is 5.32 Å². The minimum atomic E-state index is -0.731. The average Bonchev–Trinajstić information content (AvgIpc) is 2.43. The van der Waals surface area contributed by atoms with Gasteiger partial charge in [0.15, 0.2) is 0 Å². The molecule has 0 heterocycles. The normalized spacial score (nSPS) is 13.9. The lowest BCUT2D eigenvalue weighted by Gasteiger charge is -2.23. The average molecular weight is 255 g/mol. The van der Waals surface area contributed by atoms with Crippen LogP contribution >= 0.6 is 0 Å². The van der Waals surface area contributed by atoms with Crippen LogP contribution in [0.25, 0.3) is 0 Å². The van der Waals surface area contributed by atoms with Crippen molar-refractivity contribution >= 4 is 0 Å². The zero-order chi connectivity index (χ0) is 13.7. The number of ether oxygens (including phenoxy) is 3. The summed E-state index contributed by atoms with van der Waals surface area (Å²) in [5.74, 6) is 1.71. The van der Waals surface area contributed by atoms with Crippen LogP contribution in [0.15, 0.2) is 12.1 Å². The first-order valence-corrected chi connectivity index (χ1v) is 5.74. The number of hydrogen-bond donors (Lipinski definition) is 2. The van der Waals surface area contributed by atoms with Gasteiger partial charge in [0.2, 0.25) is 0 Å². The lowest BCUT2D eigenvalue weighted by Crippen LogP contribution is -2.29. The molecule has 0 aliphatic carbocycles. The zero-order valence-electron chi connectivity index (χ0n) is 11.5. The Bertz CT molecular complexity index is 370. The highest BCUT2D eigenvalue weighted by atomic mass is 16.5. The van der Waals surface area contributed by atoms with E-state index in [9.17, 15) is 5.11 Å². The highest BCUT2D eigenvalue weighted by molar-refractivity contribution is 5.52. The standard InChI is InChI=1S/C13H21NO4/c1-8(14-2)13(15)12-10(17-4)6-9(16-3)7-11(12)18-5/h6-8,13-15H,1-5H3. The van der Waals surface area contributed by atoms with Crippen molar-refractivity contribution in [3.63, 3.8) is 0 Å². The predicted octanol–water partition coefficient (Wildman–Crippen LogP) is 1.35. The molecular formula is C13H21NO4. The van der Waals surface area contributed by atoms with Crippen LogP contribution in [-0.4, -0.2) is 39.5 Å². The number of methoxy groups -OCH3 is 3. The SMILES string of the molecule is CNC(C)C(O)c1c(OC)cc(OC)cc1OC. The summed E-state index contributed by atoms with van der Waals surface area (Å²) in [7, 11) is 6.46. The van der Waals surface area contributed by atoms with Gasteiger partial charge in [0.25, 0.3) is 0 Å². The first-order valence-electron chi connectivity index (χ1n) is 5.74. The second kappa shape index (κ2) is 6.47. The minimum Gasteiger partial charge on any atom is -0.496 e. The van der Waals surface area contributed by atoms with Gasteiger partial charge in [-0.2, -0.15) is 0 Å². The molecule has 2 unspecified atom stereocenters. The monoisotopic (exact) mass is 255 g/mol. The lowest BCUT2D eigenvalue weighted by molar-refractivity contribution is 0.133. The molecule has 18 heavy (non-hydrogen) atoms. The lowest BCUT2D eigenvalue weighted by atomic mass is 10.0. The van der Waals surface area contributed by atoms with Crippen molar-refractivity contribution in [3.8, 4) is 17.2 Å². The van der Waals surface area contributed by atoms with Crippen LogP contribution in [0.4, 0.5) is 0 Å². The molecule has 0 saturated carbocycles. The second-order valence-corrected chi connectivity index (χ2v) is 3.97. The number of hydrogen-bond acceptors (Lipinski definition) is 5. The summed E-state index contributed by atoms with van der Waals surface area (Å²) in [4.78, 5) is 0. The van der Waals surface area contributed by atoms with Gasteiger partial charge in [-0.25, -0.2) is 0 Å². The Balaban J connectivity index is 3.30. The van der Waals surface area contributed by atoms with Gasteiger partial charge >= 0.3 is 0 Å². The molecule has 0 aliphatic rings. The van der Waals surface area contributed by atoms with Gasteiger partial charge in [0.05, 0.1) is 26.9 Å². The van der Waals surface area contributed by atoms with E-state index in [-0.39, 0.29) is 6.04 Å². The van der Waals surface area contributed by atoms with Crippen molar-refractivity contribution in [3.05, 3.63) is 17.7 Å². The minimum absolute atomic E-state index is 0.124. The fourth-order valence-corrected chi connectivity index (χ4v) is 1.73. The molecule has 0 fully saturated rings. The van der Waals surface area contributed by atoms with E-state index in [0.29, 0.717) is 22.8 Å². The van der Waals surface area contributed by atoms with Gasteiger partial charge in [-0.1, -0.05) is 0 Å². The molecule has 1 aromatic carbocycles. The molecule has 2 atom stereocenters. The molecule has 0 bridgehead atoms. The molecule has 0 aromatic heterocycles. The summed E-state index contributed by atoms with van der Waals surface area (Å²) in [5.41, 5.74) is 0.614. The van der Waals surface area contributed by atoms with E-state index in [1.165, 1.54) is 0 Å². The van der Waals surface area contributed by atoms with Gasteiger partial charge < -0.3 is 24.6 Å². The van der Waals surface area contributed by atoms with Crippen LogP contribution < -0.4 is 19.5 Å². The van der Waals surface area contributed by atoms with Crippen molar-refractivity contribution in [2.24, 2.45) is 0 Å². The van der Waals surface area contributed by atoms with Gasteiger partial charge in [-0.3, -0.25) is 0 Å². The summed E-state index contributed by atoms with van der Waals surface area (Å²) in [6.07, 6.45) is -0.731. The largest absolute Gasteiger partial charge is 0.496 e. The van der Waals surface area contributed by atoms with Crippen molar-refractivity contribution in [1.82, 2.24) is 5.32 Å². The third kappa shape index (κ3) is 2.86. The number of nitrogens with one attached hydrogen (secondary N) is 1. The molecule has 0 aliphatic heterocycles. The summed E-state index contributed by atoms with van der Waals surface area (Å²) >= 11 is 0. The Kier molecular flexibility index (Phi) is 5.25. The van der Waals surface area contributed by atoms with Gasteiger partial charge in [-0.05, 0) is 14.0 Å². The molecule has 0 amide bonds. The smallest absolute Gasteiger partial charge is 0.132 e. The van der Waals surface area contributed by atoms with Crippen LogP contribution in [0.5, 0.6) is 17.2 Å². The summed E-state index contributed by atoms with van der Waals surface area (Å²) < 4.78 is 15.8. The van der Waals surface area contributed by atoms with Crippen LogP contribution in [0, 0.1) is 0 Å². The quantitative estimate of drug-likeness (QED) is 0.803. The first-order chi connectivity index (χ1) is 8.58. The van der Waals surface area contributed by atoms with Gasteiger partial charge in [0.1, 0.15) is 23.4 Å². The summed E-state index contributed by atoms with van der Waals surface area (Å²) in [5, 5.41) is 13.3. The maximum Gasteiger partial charge on any atom is 0.132 e. The van der Waals surface area contributed by atoms with E-state index in [1.807, 2.05) is 6.92 Å². The molecule has 102 valence electrons. The van der Waals surface area contributed by atoms with E-state index >= 15 is 0 Å². The highest BCUT2D eigenvalue weighted by Gasteiger charge is 2.24. The molecular weight excluding hydrogens is 234 g/mol. The fourth-order valence-electron chi connectivity index (χ4n) is 1.73. The highest BCUT2D eigenvalue weighted by Crippen LogP contribution is 2.39. The van der Waals surface area contributed by atoms with Gasteiger partial charge in [0, 0.05) is 18.2 Å². The number of aliphatic hydroxyl groups excluding tert-OH is 1. The maximum absolute atomic E-state index is 10.3. The number of aliphatic hydroxyl groups is 1. The number of rotatable bonds is 6. The van der Waals surface area contributed by atoms with Crippen molar-refractivity contribution in [1.29, 1.82) is 0 Å².